The van der Waals surface area contributed by atoms with Crippen LogP contribution in [0.3, 0.4) is 0 Å². The molecule has 3 heterocycles. The number of carbonyl (C=O) groups excluding carboxylic acids is 1. The number of halogens is 2. The zero-order chi connectivity index (χ0) is 15.6. The van der Waals surface area contributed by atoms with Crippen molar-refractivity contribution in [2.75, 3.05) is 11.4 Å². The van der Waals surface area contributed by atoms with Gasteiger partial charge in [-0.25, -0.2) is 4.39 Å². The van der Waals surface area contributed by atoms with Crippen molar-refractivity contribution in [3.05, 3.63) is 41.2 Å². The normalized spacial score (nSPS) is 35.3. The maximum atomic E-state index is 13.6. The highest BCUT2D eigenvalue weighted by Gasteiger charge is 2.67. The molecular weight excluding hydrogens is 313 g/mol. The molecule has 1 N–H and O–H groups in total. The van der Waals surface area contributed by atoms with Crippen LogP contribution in [0, 0.1) is 17.7 Å². The van der Waals surface area contributed by atoms with E-state index in [0.29, 0.717) is 5.69 Å². The molecule has 4 atom stereocenters. The van der Waals surface area contributed by atoms with Crippen molar-refractivity contribution in [3.63, 3.8) is 0 Å². The molecule has 4 unspecified atom stereocenters. The number of amides is 1. The van der Waals surface area contributed by atoms with Crippen molar-refractivity contribution in [3.8, 4) is 0 Å². The minimum atomic E-state index is -1.06. The van der Waals surface area contributed by atoms with Gasteiger partial charge in [-0.05, 0) is 18.2 Å². The average molecular weight is 324 g/mol. The molecule has 5 nitrogen and oxygen atoms in total. The molecular formula is C15H11ClFNO4. The zero-order valence-corrected chi connectivity index (χ0v) is 12.0. The molecule has 114 valence electrons. The van der Waals surface area contributed by atoms with Crippen molar-refractivity contribution in [2.45, 2.75) is 11.7 Å². The lowest BCUT2D eigenvalue weighted by atomic mass is 9.77. The van der Waals surface area contributed by atoms with Gasteiger partial charge in [-0.2, -0.15) is 0 Å². The Morgan fingerprint density at radius 3 is 2.95 bits per heavy atom. The summed E-state index contributed by atoms with van der Waals surface area (Å²) >= 11 is 5.65. The number of ether oxygens (including phenoxy) is 1. The van der Waals surface area contributed by atoms with E-state index in [4.69, 9.17) is 16.3 Å². The second kappa shape index (κ2) is 4.30. The Hall–Kier alpha value is -1.92. The predicted octanol–water partition coefficient (Wildman–Crippen LogP) is 1.85. The Balaban J connectivity index is 1.74. The Labute approximate surface area is 129 Å². The number of carbonyl (C=O) groups is 2. The van der Waals surface area contributed by atoms with E-state index < -0.39 is 35.3 Å². The van der Waals surface area contributed by atoms with Gasteiger partial charge in [0, 0.05) is 5.69 Å². The summed E-state index contributed by atoms with van der Waals surface area (Å²) in [4.78, 5) is 25.5. The minimum Gasteiger partial charge on any atom is -0.481 e. The molecule has 3 aliphatic rings. The number of carboxylic acid groups (broad SMARTS) is 1. The molecule has 1 spiro atoms. The predicted molar refractivity (Wildman–Crippen MR) is 75.1 cm³/mol. The van der Waals surface area contributed by atoms with E-state index >= 15 is 0 Å². The van der Waals surface area contributed by atoms with Crippen molar-refractivity contribution >= 4 is 29.2 Å². The minimum absolute atomic E-state index is 0.0331. The van der Waals surface area contributed by atoms with E-state index in [1.807, 2.05) is 0 Å². The Bertz CT molecular complexity index is 736. The van der Waals surface area contributed by atoms with E-state index in [1.165, 1.54) is 23.1 Å². The molecule has 0 radical (unpaired) electrons. The van der Waals surface area contributed by atoms with Crippen LogP contribution in [-0.4, -0.2) is 35.2 Å². The van der Waals surface area contributed by atoms with Crippen molar-refractivity contribution < 1.29 is 23.8 Å². The highest BCUT2D eigenvalue weighted by atomic mass is 35.5. The Morgan fingerprint density at radius 2 is 2.27 bits per heavy atom. The zero-order valence-electron chi connectivity index (χ0n) is 11.2. The smallest absolute Gasteiger partial charge is 0.310 e. The number of hydrogen-bond donors (Lipinski definition) is 1. The molecule has 1 amide bonds. The summed E-state index contributed by atoms with van der Waals surface area (Å²) in [5.74, 6) is -3.73. The SMILES string of the molecule is O=C(O)C1C2C=CC3(CN(c4ccc(Cl)c(F)c4)C(=O)C13)O2. The van der Waals surface area contributed by atoms with E-state index in [-0.39, 0.29) is 17.5 Å². The fourth-order valence-electron chi connectivity index (χ4n) is 3.65. The Kier molecular flexibility index (Phi) is 2.68. The van der Waals surface area contributed by atoms with Gasteiger partial charge in [-0.3, -0.25) is 9.59 Å². The Morgan fingerprint density at radius 1 is 1.50 bits per heavy atom. The molecule has 2 fully saturated rings. The largest absolute Gasteiger partial charge is 0.481 e. The number of fused-ring (bicyclic) bond motifs is 1. The van der Waals surface area contributed by atoms with Crippen molar-refractivity contribution in [2.24, 2.45) is 11.8 Å². The summed E-state index contributed by atoms with van der Waals surface area (Å²) in [5, 5.41) is 9.34. The molecule has 2 saturated heterocycles. The van der Waals surface area contributed by atoms with Crippen LogP contribution >= 0.6 is 11.6 Å². The van der Waals surface area contributed by atoms with Crippen LogP contribution in [0.2, 0.25) is 5.02 Å². The van der Waals surface area contributed by atoms with Gasteiger partial charge in [0.05, 0.1) is 23.6 Å². The lowest BCUT2D eigenvalue weighted by Crippen LogP contribution is -2.39. The molecule has 0 aromatic heterocycles. The monoisotopic (exact) mass is 323 g/mol. The third kappa shape index (κ3) is 1.62. The third-order valence-electron chi connectivity index (χ3n) is 4.60. The number of aliphatic carboxylic acids is 1. The van der Waals surface area contributed by atoms with Crippen molar-refractivity contribution in [1.82, 2.24) is 0 Å². The number of benzene rings is 1. The first-order valence-corrected chi connectivity index (χ1v) is 7.17. The summed E-state index contributed by atoms with van der Waals surface area (Å²) in [6.07, 6.45) is 2.87. The van der Waals surface area contributed by atoms with Gasteiger partial charge in [-0.15, -0.1) is 0 Å². The summed E-state index contributed by atoms with van der Waals surface area (Å²) in [6, 6.07) is 4.07. The lowest BCUT2D eigenvalue weighted by Gasteiger charge is -2.21. The van der Waals surface area contributed by atoms with E-state index in [2.05, 4.69) is 0 Å². The van der Waals surface area contributed by atoms with Crippen LogP contribution < -0.4 is 4.90 Å². The number of rotatable bonds is 2. The molecule has 1 aromatic carbocycles. The van der Waals surface area contributed by atoms with Crippen LogP contribution in [-0.2, 0) is 14.3 Å². The molecule has 1 aromatic rings. The number of anilines is 1. The van der Waals surface area contributed by atoms with Gasteiger partial charge >= 0.3 is 5.97 Å². The summed E-state index contributed by atoms with van der Waals surface area (Å²) < 4.78 is 19.4. The van der Waals surface area contributed by atoms with Gasteiger partial charge in [0.1, 0.15) is 17.3 Å². The van der Waals surface area contributed by atoms with Gasteiger partial charge in [0.25, 0.3) is 0 Å². The average Bonchev–Trinajstić information content (AvgIpc) is 3.10. The standard InChI is InChI=1S/C15H11ClFNO4/c16-8-2-1-7(5-9(8)17)18-6-15-4-3-10(22-15)11(14(20)21)12(15)13(18)19/h1-5,10-12H,6H2,(H,20,21). The molecule has 0 saturated carbocycles. The highest BCUT2D eigenvalue weighted by molar-refractivity contribution is 6.30. The summed E-state index contributed by atoms with van der Waals surface area (Å²) in [5.41, 5.74) is -0.582. The van der Waals surface area contributed by atoms with Gasteiger partial charge < -0.3 is 14.7 Å². The molecule has 4 rings (SSSR count). The first kappa shape index (κ1) is 13.7. The molecule has 7 heteroatoms. The van der Waals surface area contributed by atoms with Crippen LogP contribution in [0.1, 0.15) is 0 Å². The first-order chi connectivity index (χ1) is 10.4. The quantitative estimate of drug-likeness (QED) is 0.844. The highest BCUT2D eigenvalue weighted by Crippen LogP contribution is 2.52. The topological polar surface area (TPSA) is 66.8 Å². The second-order valence-electron chi connectivity index (χ2n) is 5.76. The molecule has 3 aliphatic heterocycles. The fraction of sp³-hybridized carbons (Fsp3) is 0.333. The molecule has 2 bridgehead atoms. The first-order valence-electron chi connectivity index (χ1n) is 6.79. The van der Waals surface area contributed by atoms with Crippen LogP contribution in [0.25, 0.3) is 0 Å². The van der Waals surface area contributed by atoms with Gasteiger partial charge in [0.15, 0.2) is 0 Å². The van der Waals surface area contributed by atoms with Crippen LogP contribution in [0.4, 0.5) is 10.1 Å². The molecule has 0 aliphatic carbocycles. The van der Waals surface area contributed by atoms with Crippen LogP contribution in [0.15, 0.2) is 30.4 Å². The van der Waals surface area contributed by atoms with E-state index in [1.54, 1.807) is 12.2 Å². The maximum absolute atomic E-state index is 13.6. The van der Waals surface area contributed by atoms with Crippen LogP contribution in [0.5, 0.6) is 0 Å². The number of carboxylic acids is 1. The van der Waals surface area contributed by atoms with Crippen molar-refractivity contribution in [1.29, 1.82) is 0 Å². The summed E-state index contributed by atoms with van der Waals surface area (Å²) in [6.45, 7) is 0.175. The fourth-order valence-corrected chi connectivity index (χ4v) is 3.77. The van der Waals surface area contributed by atoms with E-state index in [0.717, 1.165) is 0 Å². The molecule has 22 heavy (non-hydrogen) atoms. The van der Waals surface area contributed by atoms with Gasteiger partial charge in [-0.1, -0.05) is 23.8 Å². The maximum Gasteiger partial charge on any atom is 0.310 e. The second-order valence-corrected chi connectivity index (χ2v) is 6.17. The number of hydrogen-bond acceptors (Lipinski definition) is 3. The van der Waals surface area contributed by atoms with Gasteiger partial charge in [0.2, 0.25) is 5.91 Å². The van der Waals surface area contributed by atoms with E-state index in [9.17, 15) is 19.1 Å². The number of nitrogens with zero attached hydrogens (tertiary/aromatic N) is 1. The summed E-state index contributed by atoms with van der Waals surface area (Å²) in [7, 11) is 0. The third-order valence-corrected chi connectivity index (χ3v) is 4.91. The lowest BCUT2D eigenvalue weighted by molar-refractivity contribution is -0.146.